The van der Waals surface area contributed by atoms with Gasteiger partial charge in [-0.25, -0.2) is 0 Å². The van der Waals surface area contributed by atoms with Crippen LogP contribution in [-0.4, -0.2) is 26.7 Å². The quantitative estimate of drug-likeness (QED) is 0.705. The molecule has 1 aromatic carbocycles. The van der Waals surface area contributed by atoms with Gasteiger partial charge in [-0.1, -0.05) is 24.8 Å². The summed E-state index contributed by atoms with van der Waals surface area (Å²) in [5.74, 6) is 5.32. The molecule has 0 bridgehead atoms. The third kappa shape index (κ3) is 5.30. The lowest BCUT2D eigenvalue weighted by molar-refractivity contribution is 0.350. The van der Waals surface area contributed by atoms with Crippen molar-refractivity contribution in [1.29, 1.82) is 0 Å². The largest absolute Gasteiger partial charge is 0.384 e. The first-order valence-electron chi connectivity index (χ1n) is 5.96. The van der Waals surface area contributed by atoms with Crippen molar-refractivity contribution in [3.05, 3.63) is 29.3 Å². The molecular formula is C13H18N2O3S. The third-order valence-corrected chi connectivity index (χ3v) is 3.42. The molecule has 5 nitrogen and oxygen atoms in total. The number of hydrogen-bond donors (Lipinski definition) is 3. The molecule has 1 rings (SSSR count). The summed E-state index contributed by atoms with van der Waals surface area (Å²) in [6, 6.07) is 5.09. The van der Waals surface area contributed by atoms with Gasteiger partial charge in [-0.3, -0.25) is 4.72 Å². The minimum absolute atomic E-state index is 0.229. The van der Waals surface area contributed by atoms with E-state index in [1.165, 1.54) is 0 Å². The zero-order chi connectivity index (χ0) is 14.3. The average molecular weight is 282 g/mol. The van der Waals surface area contributed by atoms with Crippen LogP contribution in [0.25, 0.3) is 0 Å². The van der Waals surface area contributed by atoms with E-state index in [9.17, 15) is 8.42 Å². The number of hydrogen-bond acceptors (Lipinski definition) is 3. The van der Waals surface area contributed by atoms with E-state index < -0.39 is 10.2 Å². The molecule has 0 aliphatic heterocycles. The fourth-order valence-electron chi connectivity index (χ4n) is 1.38. The Labute approximate surface area is 114 Å². The fraction of sp³-hybridized carbons (Fsp3) is 0.385. The van der Waals surface area contributed by atoms with E-state index >= 15 is 0 Å². The second kappa shape index (κ2) is 7.14. The predicted octanol–water partition coefficient (Wildman–Crippen LogP) is 0.995. The molecule has 0 saturated heterocycles. The molecule has 0 aliphatic rings. The minimum Gasteiger partial charge on any atom is -0.384 e. The lowest BCUT2D eigenvalue weighted by Crippen LogP contribution is -2.30. The molecule has 19 heavy (non-hydrogen) atoms. The number of aliphatic hydroxyl groups is 1. The Morgan fingerprint density at radius 3 is 2.74 bits per heavy atom. The van der Waals surface area contributed by atoms with E-state index in [0.29, 0.717) is 17.8 Å². The highest BCUT2D eigenvalue weighted by atomic mass is 32.2. The van der Waals surface area contributed by atoms with Gasteiger partial charge in [-0.15, -0.1) is 0 Å². The number of anilines is 1. The van der Waals surface area contributed by atoms with Gasteiger partial charge in [0.1, 0.15) is 6.61 Å². The third-order valence-electron chi connectivity index (χ3n) is 2.33. The summed E-state index contributed by atoms with van der Waals surface area (Å²) in [4.78, 5) is 0. The van der Waals surface area contributed by atoms with Crippen LogP contribution < -0.4 is 9.44 Å². The molecule has 0 aromatic heterocycles. The van der Waals surface area contributed by atoms with Crippen LogP contribution in [0.1, 0.15) is 24.5 Å². The van der Waals surface area contributed by atoms with Gasteiger partial charge in [0.15, 0.2) is 0 Å². The molecule has 0 heterocycles. The van der Waals surface area contributed by atoms with Crippen LogP contribution in [0.2, 0.25) is 0 Å². The Hall–Kier alpha value is -1.55. The van der Waals surface area contributed by atoms with Crippen molar-refractivity contribution in [2.45, 2.75) is 20.3 Å². The highest BCUT2D eigenvalue weighted by Gasteiger charge is 2.09. The lowest BCUT2D eigenvalue weighted by Gasteiger charge is -2.09. The van der Waals surface area contributed by atoms with Gasteiger partial charge in [0.2, 0.25) is 0 Å². The molecule has 0 fully saturated rings. The molecule has 0 radical (unpaired) electrons. The molecule has 0 atom stereocenters. The van der Waals surface area contributed by atoms with Crippen molar-refractivity contribution >= 4 is 15.9 Å². The monoisotopic (exact) mass is 282 g/mol. The number of nitrogens with one attached hydrogen (secondary N) is 2. The van der Waals surface area contributed by atoms with E-state index in [2.05, 4.69) is 21.3 Å². The van der Waals surface area contributed by atoms with Gasteiger partial charge < -0.3 is 5.11 Å². The molecule has 0 spiro atoms. The Balaban J connectivity index is 2.91. The topological polar surface area (TPSA) is 78.4 Å². The van der Waals surface area contributed by atoms with Gasteiger partial charge in [-0.05, 0) is 31.0 Å². The summed E-state index contributed by atoms with van der Waals surface area (Å²) in [6.07, 6.45) is 0.724. The summed E-state index contributed by atoms with van der Waals surface area (Å²) in [7, 11) is -3.54. The van der Waals surface area contributed by atoms with Crippen LogP contribution in [0.4, 0.5) is 5.69 Å². The van der Waals surface area contributed by atoms with Crippen molar-refractivity contribution in [1.82, 2.24) is 4.72 Å². The first-order valence-corrected chi connectivity index (χ1v) is 7.44. The summed E-state index contributed by atoms with van der Waals surface area (Å²) >= 11 is 0. The summed E-state index contributed by atoms with van der Waals surface area (Å²) < 4.78 is 28.2. The molecule has 0 amide bonds. The molecule has 0 aliphatic carbocycles. The summed E-state index contributed by atoms with van der Waals surface area (Å²) in [5.41, 5.74) is 2.05. The Morgan fingerprint density at radius 2 is 2.11 bits per heavy atom. The second-order valence-corrected chi connectivity index (χ2v) is 5.49. The molecule has 6 heteroatoms. The van der Waals surface area contributed by atoms with Crippen LogP contribution >= 0.6 is 0 Å². The Morgan fingerprint density at radius 1 is 1.37 bits per heavy atom. The number of aliphatic hydroxyl groups excluding tert-OH is 1. The number of rotatable bonds is 5. The van der Waals surface area contributed by atoms with Crippen molar-refractivity contribution in [2.24, 2.45) is 0 Å². The second-order valence-electron chi connectivity index (χ2n) is 3.99. The summed E-state index contributed by atoms with van der Waals surface area (Å²) in [5, 5.41) is 8.68. The van der Waals surface area contributed by atoms with Gasteiger partial charge in [0.05, 0.1) is 5.69 Å². The maximum absolute atomic E-state index is 11.7. The van der Waals surface area contributed by atoms with Crippen molar-refractivity contribution in [3.63, 3.8) is 0 Å². The highest BCUT2D eigenvalue weighted by molar-refractivity contribution is 7.90. The molecule has 3 N–H and O–H groups in total. The van der Waals surface area contributed by atoms with Crippen LogP contribution in [0.5, 0.6) is 0 Å². The number of benzene rings is 1. The lowest BCUT2D eigenvalue weighted by atomic mass is 10.1. The average Bonchev–Trinajstić information content (AvgIpc) is 2.37. The van der Waals surface area contributed by atoms with Crippen LogP contribution in [-0.2, 0) is 10.2 Å². The van der Waals surface area contributed by atoms with E-state index in [0.717, 1.165) is 12.0 Å². The SMILES string of the molecule is CCCNS(=O)(=O)Nc1ccc(C)c(C#CCO)c1. The first kappa shape index (κ1) is 15.5. The zero-order valence-electron chi connectivity index (χ0n) is 11.0. The van der Waals surface area contributed by atoms with Crippen molar-refractivity contribution < 1.29 is 13.5 Å². The molecular weight excluding hydrogens is 264 g/mol. The number of aryl methyl sites for hydroxylation is 1. The standard InChI is InChI=1S/C13H18N2O3S/c1-3-8-14-19(17,18)15-13-7-6-11(2)12(10-13)5-4-9-16/h6-7,10,14-16H,3,8-9H2,1-2H3. The molecule has 0 unspecified atom stereocenters. The van der Waals surface area contributed by atoms with Gasteiger partial charge in [-0.2, -0.15) is 13.1 Å². The molecule has 0 saturated carbocycles. The maximum atomic E-state index is 11.7. The van der Waals surface area contributed by atoms with E-state index in [-0.39, 0.29) is 6.61 Å². The zero-order valence-corrected chi connectivity index (χ0v) is 11.8. The van der Waals surface area contributed by atoms with Gasteiger partial charge in [0.25, 0.3) is 10.2 Å². The Kier molecular flexibility index (Phi) is 5.83. The van der Waals surface area contributed by atoms with Crippen LogP contribution in [0, 0.1) is 18.8 Å². The van der Waals surface area contributed by atoms with Gasteiger partial charge in [0, 0.05) is 12.1 Å². The van der Waals surface area contributed by atoms with Crippen molar-refractivity contribution in [2.75, 3.05) is 17.9 Å². The van der Waals surface area contributed by atoms with Crippen LogP contribution in [0.3, 0.4) is 0 Å². The highest BCUT2D eigenvalue weighted by Crippen LogP contribution is 2.15. The van der Waals surface area contributed by atoms with E-state index in [1.807, 2.05) is 13.8 Å². The Bertz CT molecular complexity index is 586. The fourth-order valence-corrected chi connectivity index (χ4v) is 2.36. The predicted molar refractivity (Wildman–Crippen MR) is 76.0 cm³/mol. The van der Waals surface area contributed by atoms with Gasteiger partial charge >= 0.3 is 0 Å². The minimum atomic E-state index is -3.54. The molecule has 104 valence electrons. The van der Waals surface area contributed by atoms with E-state index in [1.54, 1.807) is 18.2 Å². The smallest absolute Gasteiger partial charge is 0.299 e. The maximum Gasteiger partial charge on any atom is 0.299 e. The first-order chi connectivity index (χ1) is 8.98. The van der Waals surface area contributed by atoms with Crippen molar-refractivity contribution in [3.8, 4) is 11.8 Å². The normalized spacial score (nSPS) is 10.7. The van der Waals surface area contributed by atoms with E-state index in [4.69, 9.17) is 5.11 Å². The summed E-state index contributed by atoms with van der Waals surface area (Å²) in [6.45, 7) is 3.91. The van der Waals surface area contributed by atoms with Crippen LogP contribution in [0.15, 0.2) is 18.2 Å². The molecule has 1 aromatic rings.